The summed E-state index contributed by atoms with van der Waals surface area (Å²) in [5, 5.41) is 5.96. The summed E-state index contributed by atoms with van der Waals surface area (Å²) in [6, 6.07) is 7.49. The highest BCUT2D eigenvalue weighted by Gasteiger charge is 2.01. The fourth-order valence-corrected chi connectivity index (χ4v) is 2.13. The molecule has 6 heteroatoms. The van der Waals surface area contributed by atoms with E-state index in [0.29, 0.717) is 0 Å². The number of aromatic nitrogens is 2. The third-order valence-electron chi connectivity index (χ3n) is 2.91. The van der Waals surface area contributed by atoms with Gasteiger partial charge in [-0.15, -0.1) is 0 Å². The van der Waals surface area contributed by atoms with Crippen LogP contribution in [0.2, 0.25) is 0 Å². The van der Waals surface area contributed by atoms with Crippen LogP contribution < -0.4 is 10.6 Å². The number of carbonyl (C=O) groups excluding carboxylic acids is 1. The summed E-state index contributed by atoms with van der Waals surface area (Å²) in [6.07, 6.45) is 6.49. The Morgan fingerprint density at radius 2 is 2.10 bits per heavy atom. The van der Waals surface area contributed by atoms with E-state index in [1.165, 1.54) is 6.92 Å². The van der Waals surface area contributed by atoms with Crippen molar-refractivity contribution in [1.82, 2.24) is 14.9 Å². The maximum absolute atomic E-state index is 10.9. The lowest BCUT2D eigenvalue weighted by Gasteiger charge is -2.09. The fraction of sp³-hybridized carbons (Fsp3) is 0.267. The summed E-state index contributed by atoms with van der Waals surface area (Å²) in [7, 11) is 0. The van der Waals surface area contributed by atoms with Crippen molar-refractivity contribution in [2.75, 3.05) is 11.9 Å². The summed E-state index contributed by atoms with van der Waals surface area (Å²) < 4.78 is 2.03. The molecule has 0 saturated carbocycles. The number of amides is 1. The molecule has 0 fully saturated rings. The maximum Gasteiger partial charge on any atom is 0.221 e. The topological polar surface area (TPSA) is 59.0 Å². The second-order valence-corrected chi connectivity index (χ2v) is 5.08. The molecule has 1 aromatic carbocycles. The Hall–Kier alpha value is -2.21. The minimum atomic E-state index is -0.0806. The largest absolute Gasteiger partial charge is 0.376 e. The molecule has 1 aromatic heterocycles. The van der Waals surface area contributed by atoms with Crippen LogP contribution in [0, 0.1) is 0 Å². The number of hydrogen-bond donors (Lipinski definition) is 2. The van der Waals surface area contributed by atoms with Gasteiger partial charge < -0.3 is 15.2 Å². The first kappa shape index (κ1) is 15.2. The molecule has 110 valence electrons. The Labute approximate surface area is 129 Å². The van der Waals surface area contributed by atoms with Crippen LogP contribution in [0.25, 0.3) is 0 Å². The van der Waals surface area contributed by atoms with Gasteiger partial charge in [-0.3, -0.25) is 4.79 Å². The van der Waals surface area contributed by atoms with Crippen molar-refractivity contribution in [2.45, 2.75) is 19.9 Å². The number of anilines is 1. The molecule has 2 aromatic rings. The number of hydrogen-bond acceptors (Lipinski definition) is 3. The molecule has 0 saturated heterocycles. The highest BCUT2D eigenvalue weighted by Crippen LogP contribution is 2.09. The molecule has 1 amide bonds. The van der Waals surface area contributed by atoms with Gasteiger partial charge in [-0.2, -0.15) is 0 Å². The van der Waals surface area contributed by atoms with Crippen molar-refractivity contribution in [1.29, 1.82) is 0 Å². The highest BCUT2D eigenvalue weighted by molar-refractivity contribution is 7.80. The zero-order valence-electron chi connectivity index (χ0n) is 11.9. The molecule has 0 aliphatic carbocycles. The van der Waals surface area contributed by atoms with Crippen LogP contribution in [0.1, 0.15) is 18.9 Å². The Morgan fingerprint density at radius 3 is 2.71 bits per heavy atom. The van der Waals surface area contributed by atoms with E-state index in [2.05, 4.69) is 15.6 Å². The summed E-state index contributed by atoms with van der Waals surface area (Å²) in [4.78, 5) is 15.7. The zero-order valence-corrected chi connectivity index (χ0v) is 12.7. The van der Waals surface area contributed by atoms with E-state index in [-0.39, 0.29) is 5.91 Å². The zero-order chi connectivity index (χ0) is 15.1. The molecular weight excluding hydrogens is 284 g/mol. The number of aryl methyl sites for hydroxylation is 1. The first-order valence-corrected chi connectivity index (χ1v) is 7.17. The number of benzene rings is 1. The highest BCUT2D eigenvalue weighted by atomic mass is 32.1. The van der Waals surface area contributed by atoms with Gasteiger partial charge in [-0.05, 0) is 30.7 Å². The molecule has 0 bridgehead atoms. The van der Waals surface area contributed by atoms with Crippen molar-refractivity contribution in [3.8, 4) is 0 Å². The lowest BCUT2D eigenvalue weighted by atomic mass is 10.2. The lowest BCUT2D eigenvalue weighted by molar-refractivity contribution is -0.114. The summed E-state index contributed by atoms with van der Waals surface area (Å²) >= 11 is 5.35. The molecule has 0 aliphatic rings. The Balaban J connectivity index is 1.76. The van der Waals surface area contributed by atoms with E-state index in [1.54, 1.807) is 12.5 Å². The van der Waals surface area contributed by atoms with Gasteiger partial charge >= 0.3 is 0 Å². The Kier molecular flexibility index (Phi) is 5.45. The van der Waals surface area contributed by atoms with Gasteiger partial charge in [-0.25, -0.2) is 4.98 Å². The maximum atomic E-state index is 10.9. The molecule has 0 unspecified atom stereocenters. The molecule has 2 rings (SSSR count). The van der Waals surface area contributed by atoms with Gasteiger partial charge in [0.1, 0.15) is 4.99 Å². The van der Waals surface area contributed by atoms with Gasteiger partial charge in [0.25, 0.3) is 0 Å². The SMILES string of the molecule is CC(=O)Nc1ccc(C(=S)NCCCn2ccnc2)cc1. The summed E-state index contributed by atoms with van der Waals surface area (Å²) in [6.45, 7) is 3.21. The van der Waals surface area contributed by atoms with E-state index in [4.69, 9.17) is 12.2 Å². The first-order valence-electron chi connectivity index (χ1n) is 6.77. The molecule has 0 radical (unpaired) electrons. The second-order valence-electron chi connectivity index (χ2n) is 4.67. The molecule has 1 heterocycles. The van der Waals surface area contributed by atoms with E-state index >= 15 is 0 Å². The van der Waals surface area contributed by atoms with Crippen LogP contribution in [-0.4, -0.2) is 27.0 Å². The van der Waals surface area contributed by atoms with E-state index < -0.39 is 0 Å². The molecule has 21 heavy (non-hydrogen) atoms. The van der Waals surface area contributed by atoms with Gasteiger partial charge in [0.2, 0.25) is 5.91 Å². The average Bonchev–Trinajstić information content (AvgIpc) is 2.97. The van der Waals surface area contributed by atoms with Crippen LogP contribution in [-0.2, 0) is 11.3 Å². The van der Waals surface area contributed by atoms with E-state index in [0.717, 1.165) is 35.7 Å². The predicted octanol–water partition coefficient (Wildman–Crippen LogP) is 2.20. The number of carbonyl (C=O) groups is 1. The van der Waals surface area contributed by atoms with Gasteiger partial charge in [0, 0.05) is 43.7 Å². The summed E-state index contributed by atoms with van der Waals surface area (Å²) in [5.74, 6) is -0.0806. The van der Waals surface area contributed by atoms with E-state index in [1.807, 2.05) is 35.0 Å². The first-order chi connectivity index (χ1) is 10.1. The number of imidazole rings is 1. The van der Waals surface area contributed by atoms with Crippen LogP contribution in [0.15, 0.2) is 43.0 Å². The molecular formula is C15H18N4OS. The monoisotopic (exact) mass is 302 g/mol. The van der Waals surface area contributed by atoms with Crippen molar-refractivity contribution in [3.05, 3.63) is 48.5 Å². The van der Waals surface area contributed by atoms with E-state index in [9.17, 15) is 4.79 Å². The second kappa shape index (κ2) is 7.54. The van der Waals surface area contributed by atoms with Gasteiger partial charge in [-0.1, -0.05) is 12.2 Å². The van der Waals surface area contributed by atoms with Crippen molar-refractivity contribution in [3.63, 3.8) is 0 Å². The van der Waals surface area contributed by atoms with Crippen LogP contribution in [0.4, 0.5) is 5.69 Å². The fourth-order valence-electron chi connectivity index (χ4n) is 1.89. The van der Waals surface area contributed by atoms with Gasteiger partial charge in [0.05, 0.1) is 6.33 Å². The molecule has 5 nitrogen and oxygen atoms in total. The third kappa shape index (κ3) is 5.00. The molecule has 2 N–H and O–H groups in total. The van der Waals surface area contributed by atoms with Crippen LogP contribution >= 0.6 is 12.2 Å². The average molecular weight is 302 g/mol. The predicted molar refractivity (Wildman–Crippen MR) is 87.3 cm³/mol. The standard InChI is InChI=1S/C15H18N4OS/c1-12(20)18-14-5-3-13(4-6-14)15(21)17-7-2-9-19-10-8-16-11-19/h3-6,8,10-11H,2,7,9H2,1H3,(H,17,21)(H,18,20). The minimum Gasteiger partial charge on any atom is -0.376 e. The Morgan fingerprint density at radius 1 is 1.33 bits per heavy atom. The van der Waals surface area contributed by atoms with Crippen LogP contribution in [0.5, 0.6) is 0 Å². The number of nitrogens with zero attached hydrogens (tertiary/aromatic N) is 2. The number of rotatable bonds is 6. The van der Waals surface area contributed by atoms with Crippen molar-refractivity contribution < 1.29 is 4.79 Å². The van der Waals surface area contributed by atoms with Gasteiger partial charge in [0.15, 0.2) is 0 Å². The third-order valence-corrected chi connectivity index (χ3v) is 3.29. The molecule has 0 aliphatic heterocycles. The van der Waals surface area contributed by atoms with Crippen molar-refractivity contribution >= 4 is 28.8 Å². The summed E-state index contributed by atoms with van der Waals surface area (Å²) in [5.41, 5.74) is 1.72. The lowest BCUT2D eigenvalue weighted by Crippen LogP contribution is -2.24. The molecule has 0 spiro atoms. The van der Waals surface area contributed by atoms with Crippen molar-refractivity contribution in [2.24, 2.45) is 0 Å². The number of nitrogens with one attached hydrogen (secondary N) is 2. The van der Waals surface area contributed by atoms with Crippen LogP contribution in [0.3, 0.4) is 0 Å². The minimum absolute atomic E-state index is 0.0806. The Bertz CT molecular complexity index is 593. The number of thiocarbonyl (C=S) groups is 1. The quantitative estimate of drug-likeness (QED) is 0.634. The normalized spacial score (nSPS) is 10.1. The molecule has 0 atom stereocenters. The smallest absolute Gasteiger partial charge is 0.221 e.